The molecule has 0 aliphatic rings. The van der Waals surface area contributed by atoms with Crippen LogP contribution < -0.4 is 0 Å². The lowest BCUT2D eigenvalue weighted by Crippen LogP contribution is -2.31. The van der Waals surface area contributed by atoms with E-state index in [0.29, 0.717) is 6.42 Å². The average Bonchev–Trinajstić information content (AvgIpc) is 2.35. The Labute approximate surface area is 107 Å². The minimum Gasteiger partial charge on any atom is -0.456 e. The maximum Gasteiger partial charge on any atom is 0.505 e. The van der Waals surface area contributed by atoms with Crippen molar-refractivity contribution in [1.82, 2.24) is 0 Å². The molecule has 0 aromatic carbocycles. The minimum absolute atomic E-state index is 0.205. The lowest BCUT2D eigenvalue weighted by Gasteiger charge is -2.19. The molecule has 0 aliphatic carbocycles. The van der Waals surface area contributed by atoms with Crippen molar-refractivity contribution >= 4 is 12.1 Å². The Hall–Kier alpha value is -1.30. The molecule has 0 aliphatic heterocycles. The smallest absolute Gasteiger partial charge is 0.456 e. The van der Waals surface area contributed by atoms with Gasteiger partial charge in [-0.15, -0.1) is 0 Å². The molecule has 0 aromatic rings. The van der Waals surface area contributed by atoms with Crippen LogP contribution in [-0.2, 0) is 14.3 Å². The normalized spacial score (nSPS) is 13.7. The Balaban J connectivity index is 4.17. The first-order valence-corrected chi connectivity index (χ1v) is 6.22. The largest absolute Gasteiger partial charge is 0.505 e. The van der Waals surface area contributed by atoms with E-state index in [1.165, 1.54) is 0 Å². The highest BCUT2D eigenvalue weighted by Crippen LogP contribution is 2.15. The van der Waals surface area contributed by atoms with Gasteiger partial charge in [0.25, 0.3) is 0 Å². The van der Waals surface area contributed by atoms with Gasteiger partial charge in [-0.25, -0.2) is 4.79 Å². The molecule has 2 unspecified atom stereocenters. The number of hydrogen-bond acceptors (Lipinski definition) is 5. The molecule has 18 heavy (non-hydrogen) atoms. The van der Waals surface area contributed by atoms with Gasteiger partial charge >= 0.3 is 12.1 Å². The monoisotopic (exact) mass is 262 g/mol. The number of carboxylic acid groups (broad SMARTS) is 1. The molecule has 0 saturated heterocycles. The summed E-state index contributed by atoms with van der Waals surface area (Å²) in [6, 6.07) is 0. The maximum atomic E-state index is 11.8. The minimum atomic E-state index is -1.46. The first-order chi connectivity index (χ1) is 8.54. The highest BCUT2D eigenvalue weighted by atomic mass is 16.7. The van der Waals surface area contributed by atoms with E-state index >= 15 is 0 Å². The molecule has 106 valence electrons. The molecule has 6 heteroatoms. The van der Waals surface area contributed by atoms with Gasteiger partial charge in [0.2, 0.25) is 0 Å². The summed E-state index contributed by atoms with van der Waals surface area (Å²) >= 11 is 0. The number of ether oxygens (including phenoxy) is 2. The second-order valence-corrected chi connectivity index (χ2v) is 4.07. The lowest BCUT2D eigenvalue weighted by atomic mass is 10.00. The van der Waals surface area contributed by atoms with Crippen LogP contribution in [0.1, 0.15) is 39.5 Å². The number of carbonyl (C=O) groups is 2. The molecule has 2 N–H and O–H groups in total. The zero-order chi connectivity index (χ0) is 14.0. The molecule has 0 fully saturated rings. The highest BCUT2D eigenvalue weighted by molar-refractivity contribution is 5.72. The van der Waals surface area contributed by atoms with Gasteiger partial charge in [0, 0.05) is 0 Å². The second kappa shape index (κ2) is 9.70. The van der Waals surface area contributed by atoms with E-state index in [0.717, 1.165) is 19.3 Å². The Morgan fingerprint density at radius 3 is 2.39 bits per heavy atom. The van der Waals surface area contributed by atoms with Crippen LogP contribution in [0, 0.1) is 5.92 Å². The fourth-order valence-corrected chi connectivity index (χ4v) is 1.49. The lowest BCUT2D eigenvalue weighted by molar-refractivity contribution is -0.159. The van der Waals surface area contributed by atoms with Crippen LogP contribution in [0.3, 0.4) is 0 Å². The van der Waals surface area contributed by atoms with Crippen molar-refractivity contribution in [3.8, 4) is 0 Å². The topological polar surface area (TPSA) is 93.1 Å². The Morgan fingerprint density at radius 1 is 1.28 bits per heavy atom. The van der Waals surface area contributed by atoms with Crippen molar-refractivity contribution in [2.45, 2.75) is 45.6 Å². The second-order valence-electron chi connectivity index (χ2n) is 4.07. The number of carbonyl (C=O) groups excluding carboxylic acids is 1. The zero-order valence-electron chi connectivity index (χ0n) is 10.9. The number of aliphatic hydroxyl groups excluding tert-OH is 1. The summed E-state index contributed by atoms with van der Waals surface area (Å²) in [5.74, 6) is -0.609. The average molecular weight is 262 g/mol. The molecule has 0 heterocycles. The summed E-state index contributed by atoms with van der Waals surface area (Å²) in [5, 5.41) is 17.3. The van der Waals surface area contributed by atoms with Crippen molar-refractivity contribution in [1.29, 1.82) is 0 Å². The molecule has 6 nitrogen and oxygen atoms in total. The van der Waals surface area contributed by atoms with Gasteiger partial charge in [-0.05, 0) is 12.8 Å². The summed E-state index contributed by atoms with van der Waals surface area (Å²) in [6.07, 6.45) is 0.950. The van der Waals surface area contributed by atoms with Gasteiger partial charge in [0.15, 0.2) is 6.10 Å². The summed E-state index contributed by atoms with van der Waals surface area (Å²) in [7, 11) is 0. The van der Waals surface area contributed by atoms with Crippen LogP contribution in [-0.4, -0.2) is 41.7 Å². The summed E-state index contributed by atoms with van der Waals surface area (Å²) in [5.41, 5.74) is 0. The van der Waals surface area contributed by atoms with E-state index in [9.17, 15) is 9.59 Å². The van der Waals surface area contributed by atoms with Crippen LogP contribution >= 0.6 is 0 Å². The Morgan fingerprint density at radius 2 is 1.94 bits per heavy atom. The Kier molecular flexibility index (Phi) is 9.00. The first kappa shape index (κ1) is 16.7. The van der Waals surface area contributed by atoms with Crippen molar-refractivity contribution in [3.05, 3.63) is 0 Å². The molecular weight excluding hydrogens is 240 g/mol. The van der Waals surface area contributed by atoms with Crippen LogP contribution in [0.15, 0.2) is 0 Å². The SMILES string of the molecule is CCCCC(CC)C(=O)OC(CO)COC(=O)O. The third-order valence-electron chi connectivity index (χ3n) is 2.61. The molecule has 0 bridgehead atoms. The van der Waals surface area contributed by atoms with E-state index < -0.39 is 24.8 Å². The number of aliphatic hydroxyl groups is 1. The summed E-state index contributed by atoms with van der Waals surface area (Å²) < 4.78 is 9.29. The summed E-state index contributed by atoms with van der Waals surface area (Å²) in [6.45, 7) is 3.13. The third-order valence-corrected chi connectivity index (χ3v) is 2.61. The summed E-state index contributed by atoms with van der Waals surface area (Å²) in [4.78, 5) is 22.0. The fourth-order valence-electron chi connectivity index (χ4n) is 1.49. The van der Waals surface area contributed by atoms with Gasteiger partial charge in [0.1, 0.15) is 6.61 Å². The first-order valence-electron chi connectivity index (χ1n) is 6.22. The number of rotatable bonds is 9. The predicted octanol–water partition coefficient (Wildman–Crippen LogP) is 1.80. The van der Waals surface area contributed by atoms with Gasteiger partial charge < -0.3 is 19.7 Å². The Bertz CT molecular complexity index is 253. The maximum absolute atomic E-state index is 11.8. The van der Waals surface area contributed by atoms with E-state index in [1.807, 2.05) is 13.8 Å². The molecule has 0 amide bonds. The molecule has 0 spiro atoms. The molecule has 0 radical (unpaired) electrons. The highest BCUT2D eigenvalue weighted by Gasteiger charge is 2.22. The third kappa shape index (κ3) is 7.11. The zero-order valence-corrected chi connectivity index (χ0v) is 10.9. The van der Waals surface area contributed by atoms with Crippen LogP contribution in [0.5, 0.6) is 0 Å². The van der Waals surface area contributed by atoms with E-state index in [4.69, 9.17) is 14.9 Å². The van der Waals surface area contributed by atoms with Gasteiger partial charge in [-0.1, -0.05) is 26.7 Å². The molecular formula is C12H22O6. The van der Waals surface area contributed by atoms with Crippen LogP contribution in [0.2, 0.25) is 0 Å². The number of unbranched alkanes of at least 4 members (excludes halogenated alkanes) is 1. The van der Waals surface area contributed by atoms with Crippen molar-refractivity contribution in [2.24, 2.45) is 5.92 Å². The molecule has 0 rings (SSSR count). The van der Waals surface area contributed by atoms with E-state index in [2.05, 4.69) is 4.74 Å². The van der Waals surface area contributed by atoms with Crippen molar-refractivity contribution in [2.75, 3.05) is 13.2 Å². The van der Waals surface area contributed by atoms with Crippen molar-refractivity contribution < 1.29 is 29.3 Å². The molecule has 0 saturated carbocycles. The van der Waals surface area contributed by atoms with E-state index in [-0.39, 0.29) is 12.5 Å². The quantitative estimate of drug-likeness (QED) is 0.615. The molecule has 2 atom stereocenters. The van der Waals surface area contributed by atoms with Crippen molar-refractivity contribution in [3.63, 3.8) is 0 Å². The van der Waals surface area contributed by atoms with Crippen LogP contribution in [0.4, 0.5) is 4.79 Å². The predicted molar refractivity (Wildman–Crippen MR) is 64.2 cm³/mol. The molecule has 0 aromatic heterocycles. The fraction of sp³-hybridized carbons (Fsp3) is 0.833. The van der Waals surface area contributed by atoms with Gasteiger partial charge in [-0.2, -0.15) is 0 Å². The standard InChI is InChI=1S/C12H22O6/c1-3-5-6-9(4-2)11(14)18-10(7-13)8-17-12(15)16/h9-10,13H,3-8H2,1-2H3,(H,15,16). The van der Waals surface area contributed by atoms with Crippen LogP contribution in [0.25, 0.3) is 0 Å². The number of hydrogen-bond donors (Lipinski definition) is 2. The van der Waals surface area contributed by atoms with E-state index in [1.54, 1.807) is 0 Å². The van der Waals surface area contributed by atoms with Gasteiger partial charge in [0.05, 0.1) is 12.5 Å². The number of esters is 1. The van der Waals surface area contributed by atoms with Gasteiger partial charge in [-0.3, -0.25) is 4.79 Å².